The molecule has 2 rings (SSSR count). The second-order valence-electron chi connectivity index (χ2n) is 6.53. The summed E-state index contributed by atoms with van der Waals surface area (Å²) >= 11 is 0. The van der Waals surface area contributed by atoms with Crippen molar-refractivity contribution in [1.29, 1.82) is 0 Å². The Morgan fingerprint density at radius 2 is 1.46 bits per heavy atom. The third kappa shape index (κ3) is 4.90. The SMILES string of the molecule is CCCCOc1c(N(CCCC)CCCC)ccc2ccccc12. The zero-order valence-electron chi connectivity index (χ0n) is 15.7. The minimum atomic E-state index is 0.799. The van der Waals surface area contributed by atoms with Gasteiger partial charge in [0, 0.05) is 18.5 Å². The minimum Gasteiger partial charge on any atom is -0.491 e. The van der Waals surface area contributed by atoms with Gasteiger partial charge in [-0.25, -0.2) is 0 Å². The van der Waals surface area contributed by atoms with Gasteiger partial charge in [0.05, 0.1) is 12.3 Å². The fourth-order valence-electron chi connectivity index (χ4n) is 3.00. The molecule has 2 aromatic rings. The fraction of sp³-hybridized carbons (Fsp3) is 0.545. The van der Waals surface area contributed by atoms with Crippen molar-refractivity contribution in [3.8, 4) is 5.75 Å². The summed E-state index contributed by atoms with van der Waals surface area (Å²) in [6.45, 7) is 9.75. The monoisotopic (exact) mass is 327 g/mol. The second kappa shape index (κ2) is 10.2. The van der Waals surface area contributed by atoms with E-state index < -0.39 is 0 Å². The molecule has 0 saturated heterocycles. The number of benzene rings is 2. The summed E-state index contributed by atoms with van der Waals surface area (Å²) < 4.78 is 6.29. The van der Waals surface area contributed by atoms with Crippen LogP contribution in [0.2, 0.25) is 0 Å². The molecule has 0 atom stereocenters. The van der Waals surface area contributed by atoms with Gasteiger partial charge in [-0.1, -0.05) is 70.4 Å². The summed E-state index contributed by atoms with van der Waals surface area (Å²) in [5, 5.41) is 2.50. The number of nitrogens with zero attached hydrogens (tertiary/aromatic N) is 1. The van der Waals surface area contributed by atoms with Gasteiger partial charge in [0.25, 0.3) is 0 Å². The number of hydrogen-bond acceptors (Lipinski definition) is 2. The predicted molar refractivity (Wildman–Crippen MR) is 106 cm³/mol. The van der Waals surface area contributed by atoms with E-state index in [0.29, 0.717) is 0 Å². The number of unbranched alkanes of at least 4 members (excludes halogenated alkanes) is 3. The molecule has 132 valence electrons. The zero-order valence-corrected chi connectivity index (χ0v) is 15.7. The lowest BCUT2D eigenvalue weighted by Gasteiger charge is -2.27. The first-order valence-corrected chi connectivity index (χ1v) is 9.71. The Morgan fingerprint density at radius 3 is 2.12 bits per heavy atom. The van der Waals surface area contributed by atoms with Crippen molar-refractivity contribution >= 4 is 16.5 Å². The Morgan fingerprint density at radius 1 is 0.792 bits per heavy atom. The Labute approximate surface area is 147 Å². The van der Waals surface area contributed by atoms with E-state index in [4.69, 9.17) is 4.74 Å². The highest BCUT2D eigenvalue weighted by Crippen LogP contribution is 2.37. The first kappa shape index (κ1) is 18.6. The molecule has 0 fully saturated rings. The Bertz CT molecular complexity index is 600. The maximum absolute atomic E-state index is 6.29. The maximum atomic E-state index is 6.29. The summed E-state index contributed by atoms with van der Waals surface area (Å²) in [6, 6.07) is 13.1. The van der Waals surface area contributed by atoms with E-state index >= 15 is 0 Å². The average molecular weight is 328 g/mol. The molecule has 0 aromatic heterocycles. The molecular weight excluding hydrogens is 294 g/mol. The van der Waals surface area contributed by atoms with Crippen LogP contribution in [0, 0.1) is 0 Å². The molecule has 0 aliphatic heterocycles. The van der Waals surface area contributed by atoms with Crippen molar-refractivity contribution in [1.82, 2.24) is 0 Å². The molecule has 0 aliphatic carbocycles. The van der Waals surface area contributed by atoms with Gasteiger partial charge in [-0.3, -0.25) is 0 Å². The largest absolute Gasteiger partial charge is 0.491 e. The average Bonchev–Trinajstić information content (AvgIpc) is 2.62. The molecule has 0 bridgehead atoms. The van der Waals surface area contributed by atoms with Gasteiger partial charge in [-0.05, 0) is 30.7 Å². The van der Waals surface area contributed by atoms with Crippen LogP contribution in [0.3, 0.4) is 0 Å². The quantitative estimate of drug-likeness (QED) is 0.441. The highest BCUT2D eigenvalue weighted by Gasteiger charge is 2.15. The predicted octanol–water partition coefficient (Wildman–Crippen LogP) is 6.43. The number of hydrogen-bond donors (Lipinski definition) is 0. The highest BCUT2D eigenvalue weighted by molar-refractivity contribution is 5.93. The smallest absolute Gasteiger partial charge is 0.150 e. The van der Waals surface area contributed by atoms with Gasteiger partial charge >= 0.3 is 0 Å². The normalized spacial score (nSPS) is 11.0. The molecule has 0 saturated carbocycles. The van der Waals surface area contributed by atoms with Crippen molar-refractivity contribution in [2.75, 3.05) is 24.6 Å². The Balaban J connectivity index is 2.38. The topological polar surface area (TPSA) is 12.5 Å². The van der Waals surface area contributed by atoms with E-state index in [9.17, 15) is 0 Å². The lowest BCUT2D eigenvalue weighted by molar-refractivity contribution is 0.313. The molecule has 2 heteroatoms. The van der Waals surface area contributed by atoms with Crippen LogP contribution in [-0.2, 0) is 0 Å². The van der Waals surface area contributed by atoms with Gasteiger partial charge in [0.1, 0.15) is 5.75 Å². The molecule has 0 amide bonds. The van der Waals surface area contributed by atoms with Crippen LogP contribution in [-0.4, -0.2) is 19.7 Å². The molecule has 0 unspecified atom stereocenters. The summed E-state index contributed by atoms with van der Waals surface area (Å²) in [4.78, 5) is 2.53. The van der Waals surface area contributed by atoms with E-state index in [1.807, 2.05) is 0 Å². The number of anilines is 1. The molecule has 0 N–H and O–H groups in total. The minimum absolute atomic E-state index is 0.799. The lowest BCUT2D eigenvalue weighted by Crippen LogP contribution is -2.26. The van der Waals surface area contributed by atoms with Crippen LogP contribution in [0.5, 0.6) is 5.75 Å². The highest BCUT2D eigenvalue weighted by atomic mass is 16.5. The zero-order chi connectivity index (χ0) is 17.2. The number of rotatable bonds is 11. The summed E-state index contributed by atoms with van der Waals surface area (Å²) in [5.41, 5.74) is 1.27. The van der Waals surface area contributed by atoms with Crippen LogP contribution in [0.1, 0.15) is 59.3 Å². The van der Waals surface area contributed by atoms with Crippen molar-refractivity contribution < 1.29 is 4.74 Å². The third-order valence-electron chi connectivity index (χ3n) is 4.51. The third-order valence-corrected chi connectivity index (χ3v) is 4.51. The van der Waals surface area contributed by atoms with Crippen LogP contribution < -0.4 is 9.64 Å². The summed E-state index contributed by atoms with van der Waals surface area (Å²) in [6.07, 6.45) is 7.17. The summed E-state index contributed by atoms with van der Waals surface area (Å²) in [7, 11) is 0. The van der Waals surface area contributed by atoms with Gasteiger partial charge in [0.2, 0.25) is 0 Å². The lowest BCUT2D eigenvalue weighted by atomic mass is 10.1. The summed E-state index contributed by atoms with van der Waals surface area (Å²) in [5.74, 6) is 1.08. The van der Waals surface area contributed by atoms with Crippen molar-refractivity contribution in [2.45, 2.75) is 59.3 Å². The van der Waals surface area contributed by atoms with Crippen molar-refractivity contribution in [3.05, 3.63) is 36.4 Å². The maximum Gasteiger partial charge on any atom is 0.150 e. The van der Waals surface area contributed by atoms with Crippen molar-refractivity contribution in [3.63, 3.8) is 0 Å². The molecule has 0 heterocycles. The van der Waals surface area contributed by atoms with E-state index in [0.717, 1.165) is 38.3 Å². The second-order valence-corrected chi connectivity index (χ2v) is 6.53. The number of fused-ring (bicyclic) bond motifs is 1. The fourth-order valence-corrected chi connectivity index (χ4v) is 3.00. The van der Waals surface area contributed by atoms with E-state index in [2.05, 4.69) is 62.1 Å². The van der Waals surface area contributed by atoms with Crippen LogP contribution >= 0.6 is 0 Å². The van der Waals surface area contributed by atoms with E-state index in [1.165, 1.54) is 42.1 Å². The number of ether oxygens (including phenoxy) is 1. The van der Waals surface area contributed by atoms with E-state index in [1.54, 1.807) is 0 Å². The standard InChI is InChI=1S/C22H33NO/c1-4-7-16-23(17-8-5-2)21-15-14-19-12-10-11-13-20(19)22(21)24-18-9-6-3/h10-15H,4-9,16-18H2,1-3H3. The molecule has 2 aromatic carbocycles. The molecular formula is C22H33NO. The van der Waals surface area contributed by atoms with Crippen LogP contribution in [0.25, 0.3) is 10.8 Å². The first-order chi connectivity index (χ1) is 11.8. The molecule has 24 heavy (non-hydrogen) atoms. The molecule has 0 spiro atoms. The van der Waals surface area contributed by atoms with Crippen LogP contribution in [0.4, 0.5) is 5.69 Å². The Hall–Kier alpha value is -1.70. The van der Waals surface area contributed by atoms with Crippen molar-refractivity contribution in [2.24, 2.45) is 0 Å². The van der Waals surface area contributed by atoms with E-state index in [-0.39, 0.29) is 0 Å². The molecule has 2 nitrogen and oxygen atoms in total. The van der Waals surface area contributed by atoms with Gasteiger partial charge in [-0.2, -0.15) is 0 Å². The van der Waals surface area contributed by atoms with Gasteiger partial charge in [-0.15, -0.1) is 0 Å². The molecule has 0 radical (unpaired) electrons. The Kier molecular flexibility index (Phi) is 7.94. The first-order valence-electron chi connectivity index (χ1n) is 9.71. The van der Waals surface area contributed by atoms with Gasteiger partial charge in [0.15, 0.2) is 0 Å². The van der Waals surface area contributed by atoms with Crippen LogP contribution in [0.15, 0.2) is 36.4 Å². The molecule has 0 aliphatic rings. The van der Waals surface area contributed by atoms with Gasteiger partial charge < -0.3 is 9.64 Å².